The zero-order valence-corrected chi connectivity index (χ0v) is 21.4. The number of anilines is 2. The Labute approximate surface area is 212 Å². The number of carbonyl (C=O) groups is 2. The lowest BCUT2D eigenvalue weighted by molar-refractivity contribution is -0.114. The number of methoxy groups -OCH3 is 2. The Morgan fingerprint density at radius 1 is 1.11 bits per heavy atom. The molecule has 0 atom stereocenters. The third-order valence-electron chi connectivity index (χ3n) is 5.59. The molecule has 1 aliphatic rings. The van der Waals surface area contributed by atoms with Crippen LogP contribution in [0.3, 0.4) is 0 Å². The van der Waals surface area contributed by atoms with Crippen molar-refractivity contribution < 1.29 is 27.5 Å². The Balaban J connectivity index is 1.67. The van der Waals surface area contributed by atoms with Crippen LogP contribution in [0.15, 0.2) is 53.4 Å². The molecule has 1 aliphatic carbocycles. The van der Waals surface area contributed by atoms with Gasteiger partial charge in [-0.2, -0.15) is 0 Å². The zero-order valence-electron chi connectivity index (χ0n) is 19.0. The number of ether oxygens (including phenoxy) is 2. The number of nitrogens with one attached hydrogen (secondary N) is 1. The molecule has 0 saturated heterocycles. The summed E-state index contributed by atoms with van der Waals surface area (Å²) >= 11 is 7.43. The van der Waals surface area contributed by atoms with Crippen LogP contribution in [-0.2, 0) is 32.4 Å². The van der Waals surface area contributed by atoms with Crippen molar-refractivity contribution in [2.75, 3.05) is 30.4 Å². The van der Waals surface area contributed by atoms with Crippen LogP contribution in [0, 0.1) is 0 Å². The molecule has 0 aliphatic heterocycles. The number of sulfonamides is 1. The number of halogens is 1. The summed E-state index contributed by atoms with van der Waals surface area (Å²) in [6, 6.07) is 12.1. The van der Waals surface area contributed by atoms with Gasteiger partial charge in [0, 0.05) is 9.90 Å². The molecule has 184 valence electrons. The number of aryl methyl sites for hydroxylation is 1. The predicted molar refractivity (Wildman–Crippen MR) is 135 cm³/mol. The Kier molecular flexibility index (Phi) is 7.34. The number of hydrogen-bond donors (Lipinski definition) is 1. The maximum atomic E-state index is 13.6. The minimum atomic E-state index is -4.14. The first-order valence-corrected chi connectivity index (χ1v) is 13.3. The molecular formula is C24H23ClN2O6S2. The molecule has 0 radical (unpaired) electrons. The first-order chi connectivity index (χ1) is 16.7. The molecule has 0 unspecified atom stereocenters. The summed E-state index contributed by atoms with van der Waals surface area (Å²) in [5.41, 5.74) is 1.45. The van der Waals surface area contributed by atoms with E-state index in [4.69, 9.17) is 21.1 Å². The normalized spacial score (nSPS) is 12.7. The molecule has 35 heavy (non-hydrogen) atoms. The molecular weight excluding hydrogens is 512 g/mol. The SMILES string of the molecule is COC(=O)c1c(NC(=O)CN(c2cccc(Cl)c2)S(=O)(=O)c2ccc(OC)cc2)sc2c1CCC2. The Hall–Kier alpha value is -3.08. The molecule has 3 aromatic rings. The van der Waals surface area contributed by atoms with Gasteiger partial charge in [-0.15, -0.1) is 11.3 Å². The molecule has 1 amide bonds. The fourth-order valence-electron chi connectivity index (χ4n) is 3.93. The highest BCUT2D eigenvalue weighted by Crippen LogP contribution is 2.39. The molecule has 0 spiro atoms. The topological polar surface area (TPSA) is 102 Å². The summed E-state index contributed by atoms with van der Waals surface area (Å²) in [5, 5.41) is 3.41. The number of benzene rings is 2. The summed E-state index contributed by atoms with van der Waals surface area (Å²) in [6.07, 6.45) is 2.48. The first-order valence-electron chi connectivity index (χ1n) is 10.7. The quantitative estimate of drug-likeness (QED) is 0.426. The Morgan fingerprint density at radius 3 is 2.51 bits per heavy atom. The third kappa shape index (κ3) is 5.14. The first kappa shape index (κ1) is 25.0. The van der Waals surface area contributed by atoms with Crippen LogP contribution < -0.4 is 14.4 Å². The second-order valence-corrected chi connectivity index (χ2v) is 11.2. The molecule has 1 heterocycles. The van der Waals surface area contributed by atoms with E-state index in [0.29, 0.717) is 21.3 Å². The van der Waals surface area contributed by atoms with Gasteiger partial charge in [-0.1, -0.05) is 17.7 Å². The molecule has 0 saturated carbocycles. The Morgan fingerprint density at radius 2 is 1.86 bits per heavy atom. The molecule has 4 rings (SSSR count). The van der Waals surface area contributed by atoms with E-state index in [1.165, 1.54) is 55.9 Å². The van der Waals surface area contributed by atoms with Crippen molar-refractivity contribution in [3.63, 3.8) is 0 Å². The number of thiophene rings is 1. The van der Waals surface area contributed by atoms with Crippen LogP contribution in [0.2, 0.25) is 5.02 Å². The predicted octanol–water partition coefficient (Wildman–Crippen LogP) is 4.52. The second kappa shape index (κ2) is 10.3. The highest BCUT2D eigenvalue weighted by molar-refractivity contribution is 7.92. The van der Waals surface area contributed by atoms with Gasteiger partial charge in [-0.05, 0) is 67.3 Å². The molecule has 0 fully saturated rings. The van der Waals surface area contributed by atoms with Crippen molar-refractivity contribution in [3.8, 4) is 5.75 Å². The van der Waals surface area contributed by atoms with Crippen LogP contribution in [0.5, 0.6) is 5.75 Å². The Bertz CT molecular complexity index is 1370. The molecule has 0 bridgehead atoms. The van der Waals surface area contributed by atoms with Gasteiger partial charge < -0.3 is 14.8 Å². The molecule has 2 aromatic carbocycles. The van der Waals surface area contributed by atoms with E-state index in [0.717, 1.165) is 34.0 Å². The third-order valence-corrected chi connectivity index (χ3v) is 8.83. The zero-order chi connectivity index (χ0) is 25.2. The van der Waals surface area contributed by atoms with Gasteiger partial charge >= 0.3 is 5.97 Å². The van der Waals surface area contributed by atoms with E-state index in [2.05, 4.69) is 5.32 Å². The summed E-state index contributed by atoms with van der Waals surface area (Å²) < 4.78 is 38.1. The van der Waals surface area contributed by atoms with Crippen LogP contribution in [0.4, 0.5) is 10.7 Å². The average molecular weight is 535 g/mol. The number of esters is 1. The van der Waals surface area contributed by atoms with Gasteiger partial charge in [0.2, 0.25) is 5.91 Å². The minimum Gasteiger partial charge on any atom is -0.497 e. The minimum absolute atomic E-state index is 0.0172. The van der Waals surface area contributed by atoms with E-state index in [1.54, 1.807) is 18.2 Å². The van der Waals surface area contributed by atoms with Gasteiger partial charge in [0.05, 0.1) is 30.4 Å². The average Bonchev–Trinajstić information content (AvgIpc) is 3.43. The van der Waals surface area contributed by atoms with Crippen molar-refractivity contribution in [1.29, 1.82) is 0 Å². The standard InChI is InChI=1S/C24H23ClN2O6S2/c1-32-17-9-11-18(12-10-17)35(30,31)27(16-6-3-5-15(25)13-16)14-21(28)26-23-22(24(29)33-2)19-7-4-8-20(19)34-23/h3,5-6,9-13H,4,7-8,14H2,1-2H3,(H,26,28). The molecule has 1 aromatic heterocycles. The van der Waals surface area contributed by atoms with Gasteiger partial charge in [0.15, 0.2) is 0 Å². The van der Waals surface area contributed by atoms with E-state index in [9.17, 15) is 18.0 Å². The highest BCUT2D eigenvalue weighted by atomic mass is 35.5. The summed E-state index contributed by atoms with van der Waals surface area (Å²) in [4.78, 5) is 26.6. The fourth-order valence-corrected chi connectivity index (χ4v) is 6.82. The number of rotatable bonds is 8. The largest absolute Gasteiger partial charge is 0.497 e. The molecule has 8 nitrogen and oxygen atoms in total. The second-order valence-electron chi connectivity index (χ2n) is 7.77. The summed E-state index contributed by atoms with van der Waals surface area (Å²) in [6.45, 7) is -0.530. The van der Waals surface area contributed by atoms with Crippen molar-refractivity contribution in [2.45, 2.75) is 24.2 Å². The van der Waals surface area contributed by atoms with Crippen molar-refractivity contribution >= 4 is 55.5 Å². The monoisotopic (exact) mass is 534 g/mol. The lowest BCUT2D eigenvalue weighted by Gasteiger charge is -2.24. The van der Waals surface area contributed by atoms with Crippen LogP contribution in [-0.4, -0.2) is 41.1 Å². The maximum absolute atomic E-state index is 13.6. The summed E-state index contributed by atoms with van der Waals surface area (Å²) in [7, 11) is -1.37. The van der Waals surface area contributed by atoms with Gasteiger partial charge in [0.25, 0.3) is 10.0 Å². The lowest BCUT2D eigenvalue weighted by Crippen LogP contribution is -2.38. The number of amides is 1. The van der Waals surface area contributed by atoms with E-state index >= 15 is 0 Å². The van der Waals surface area contributed by atoms with Gasteiger partial charge in [0.1, 0.15) is 17.3 Å². The fraction of sp³-hybridized carbons (Fsp3) is 0.250. The van der Waals surface area contributed by atoms with Crippen LogP contribution in [0.1, 0.15) is 27.2 Å². The van der Waals surface area contributed by atoms with E-state index in [-0.39, 0.29) is 10.6 Å². The highest BCUT2D eigenvalue weighted by Gasteiger charge is 2.31. The number of hydrogen-bond acceptors (Lipinski definition) is 7. The van der Waals surface area contributed by atoms with Crippen LogP contribution in [0.25, 0.3) is 0 Å². The number of fused-ring (bicyclic) bond motifs is 1. The van der Waals surface area contributed by atoms with E-state index < -0.39 is 28.4 Å². The number of nitrogens with zero attached hydrogens (tertiary/aromatic N) is 1. The lowest BCUT2D eigenvalue weighted by atomic mass is 10.1. The number of carbonyl (C=O) groups excluding carboxylic acids is 2. The molecule has 11 heteroatoms. The summed E-state index contributed by atoms with van der Waals surface area (Å²) in [5.74, 6) is -0.638. The smallest absolute Gasteiger partial charge is 0.341 e. The van der Waals surface area contributed by atoms with Crippen LogP contribution >= 0.6 is 22.9 Å². The van der Waals surface area contributed by atoms with Gasteiger partial charge in [-0.25, -0.2) is 13.2 Å². The molecule has 1 N–H and O–H groups in total. The maximum Gasteiger partial charge on any atom is 0.341 e. The van der Waals surface area contributed by atoms with Gasteiger partial charge in [-0.3, -0.25) is 9.10 Å². The van der Waals surface area contributed by atoms with Crippen molar-refractivity contribution in [3.05, 3.63) is 69.6 Å². The van der Waals surface area contributed by atoms with E-state index in [1.807, 2.05) is 0 Å². The van der Waals surface area contributed by atoms with Crippen molar-refractivity contribution in [1.82, 2.24) is 0 Å². The van der Waals surface area contributed by atoms with Crippen molar-refractivity contribution in [2.24, 2.45) is 0 Å².